The lowest BCUT2D eigenvalue weighted by Gasteiger charge is -2.18. The van der Waals surface area contributed by atoms with Crippen LogP contribution in [0.15, 0.2) is 36.5 Å². The van der Waals surface area contributed by atoms with Crippen molar-refractivity contribution >= 4 is 19.8 Å². The third-order valence-corrected chi connectivity index (χ3v) is 7.35. The Labute approximate surface area is 262 Å². The Morgan fingerprint density at radius 1 is 0.605 bits per heavy atom. The Balaban J connectivity index is 4.06. The largest absolute Gasteiger partial charge is 0.469 e. The smallest absolute Gasteiger partial charge is 0.462 e. The Morgan fingerprint density at radius 2 is 1.09 bits per heavy atom. The molecule has 9 heteroatoms. The van der Waals surface area contributed by atoms with E-state index in [1.165, 1.54) is 25.7 Å². The van der Waals surface area contributed by atoms with Crippen molar-refractivity contribution in [3.8, 4) is 0 Å². The highest BCUT2D eigenvalue weighted by atomic mass is 31.2. The molecular formula is C34H61O8P. The van der Waals surface area contributed by atoms with Gasteiger partial charge in [-0.1, -0.05) is 108 Å². The van der Waals surface area contributed by atoms with Gasteiger partial charge in [0.05, 0.1) is 6.61 Å². The number of unbranched alkanes of at least 4 members (excludes halogenated alkanes) is 14. The summed E-state index contributed by atoms with van der Waals surface area (Å²) in [4.78, 5) is 42.5. The van der Waals surface area contributed by atoms with Gasteiger partial charge in [-0.3, -0.25) is 14.1 Å². The average molecular weight is 629 g/mol. The predicted molar refractivity (Wildman–Crippen MR) is 175 cm³/mol. The van der Waals surface area contributed by atoms with Crippen molar-refractivity contribution < 1.29 is 37.9 Å². The number of carbonyl (C=O) groups is 2. The van der Waals surface area contributed by atoms with Crippen LogP contribution in [0.3, 0.4) is 0 Å². The van der Waals surface area contributed by atoms with Crippen LogP contribution in [0.2, 0.25) is 0 Å². The molecule has 0 aromatic heterocycles. The van der Waals surface area contributed by atoms with Crippen molar-refractivity contribution in [3.05, 3.63) is 36.5 Å². The lowest BCUT2D eigenvalue weighted by molar-refractivity contribution is -0.161. The Hall–Kier alpha value is -1.73. The normalized spacial score (nSPS) is 12.9. The van der Waals surface area contributed by atoms with E-state index in [9.17, 15) is 14.2 Å². The molecule has 0 rings (SSSR count). The van der Waals surface area contributed by atoms with Crippen LogP contribution in [0.25, 0.3) is 0 Å². The first-order valence-electron chi connectivity index (χ1n) is 16.8. The van der Waals surface area contributed by atoms with Crippen molar-refractivity contribution in [2.45, 2.75) is 155 Å². The van der Waals surface area contributed by atoms with Gasteiger partial charge in [-0.15, -0.1) is 0 Å². The molecule has 0 aliphatic heterocycles. The van der Waals surface area contributed by atoms with Gasteiger partial charge in [0.15, 0.2) is 6.10 Å². The maximum absolute atomic E-state index is 12.3. The Morgan fingerprint density at radius 3 is 1.65 bits per heavy atom. The first kappa shape index (κ1) is 41.3. The molecule has 2 N–H and O–H groups in total. The molecule has 250 valence electrons. The van der Waals surface area contributed by atoms with E-state index in [-0.39, 0.29) is 19.4 Å². The summed E-state index contributed by atoms with van der Waals surface area (Å²) in [5.41, 5.74) is 0. The monoisotopic (exact) mass is 628 g/mol. The zero-order chi connectivity index (χ0) is 31.9. The fourth-order valence-corrected chi connectivity index (χ4v) is 4.70. The highest BCUT2D eigenvalue weighted by Gasteiger charge is 2.22. The molecule has 0 aromatic rings. The van der Waals surface area contributed by atoms with Gasteiger partial charge >= 0.3 is 19.8 Å². The summed E-state index contributed by atoms with van der Waals surface area (Å²) >= 11 is 0. The molecular weight excluding hydrogens is 567 g/mol. The fourth-order valence-electron chi connectivity index (χ4n) is 4.34. The topological polar surface area (TPSA) is 119 Å². The standard InChI is InChI=1S/C34H61O8P/c1-3-5-7-9-11-13-15-17-19-21-23-25-27-29-34(36)42-32(31-41-43(37,38)39)30-40-33(35)28-26-24-22-20-18-16-14-12-10-8-6-4-2/h7,9,12-15,32H,3-6,8,10-11,16-31H2,1-2H3,(H2,37,38,39)/b9-7-,14-12-,15-13-. The molecule has 0 fully saturated rings. The third-order valence-electron chi connectivity index (χ3n) is 6.86. The molecule has 1 unspecified atom stereocenters. The van der Waals surface area contributed by atoms with Crippen LogP contribution in [0.5, 0.6) is 0 Å². The number of carbonyl (C=O) groups excluding carboxylic acids is 2. The lowest BCUT2D eigenvalue weighted by atomic mass is 10.1. The molecule has 0 saturated carbocycles. The summed E-state index contributed by atoms with van der Waals surface area (Å²) in [7, 11) is -4.75. The van der Waals surface area contributed by atoms with Gasteiger partial charge < -0.3 is 19.3 Å². The van der Waals surface area contributed by atoms with E-state index in [0.717, 1.165) is 83.5 Å². The highest BCUT2D eigenvalue weighted by Crippen LogP contribution is 2.35. The summed E-state index contributed by atoms with van der Waals surface area (Å²) in [5, 5.41) is 0. The number of hydrogen-bond donors (Lipinski definition) is 2. The van der Waals surface area contributed by atoms with E-state index in [2.05, 4.69) is 54.8 Å². The van der Waals surface area contributed by atoms with E-state index in [4.69, 9.17) is 19.3 Å². The van der Waals surface area contributed by atoms with Crippen molar-refractivity contribution in [1.82, 2.24) is 0 Å². The van der Waals surface area contributed by atoms with Crippen LogP contribution in [-0.4, -0.2) is 41.0 Å². The van der Waals surface area contributed by atoms with Gasteiger partial charge in [-0.25, -0.2) is 4.57 Å². The van der Waals surface area contributed by atoms with Crippen molar-refractivity contribution in [2.75, 3.05) is 13.2 Å². The van der Waals surface area contributed by atoms with Crippen molar-refractivity contribution in [2.24, 2.45) is 0 Å². The van der Waals surface area contributed by atoms with Gasteiger partial charge in [0, 0.05) is 12.8 Å². The summed E-state index contributed by atoms with van der Waals surface area (Å²) in [6.45, 7) is 3.54. The minimum Gasteiger partial charge on any atom is -0.462 e. The maximum Gasteiger partial charge on any atom is 0.469 e. The minimum atomic E-state index is -4.75. The molecule has 0 bridgehead atoms. The van der Waals surface area contributed by atoms with E-state index in [1.807, 2.05) is 0 Å². The molecule has 0 aliphatic rings. The number of phosphoric acid groups is 1. The minimum absolute atomic E-state index is 0.193. The fraction of sp³-hybridized carbons (Fsp3) is 0.765. The van der Waals surface area contributed by atoms with Crippen LogP contribution in [0.1, 0.15) is 149 Å². The van der Waals surface area contributed by atoms with Crippen molar-refractivity contribution in [1.29, 1.82) is 0 Å². The second-order valence-electron chi connectivity index (χ2n) is 11.1. The summed E-state index contributed by atoms with van der Waals surface area (Å²) in [6.07, 6.45) is 32.9. The highest BCUT2D eigenvalue weighted by molar-refractivity contribution is 7.46. The predicted octanol–water partition coefficient (Wildman–Crippen LogP) is 9.45. The molecule has 0 saturated heterocycles. The second-order valence-corrected chi connectivity index (χ2v) is 12.4. The molecule has 0 radical (unpaired) electrons. The van der Waals surface area contributed by atoms with Gasteiger partial charge in [-0.05, 0) is 64.2 Å². The van der Waals surface area contributed by atoms with Crippen LogP contribution in [0.4, 0.5) is 0 Å². The number of ether oxygens (including phenoxy) is 2. The van der Waals surface area contributed by atoms with E-state index in [1.54, 1.807) is 0 Å². The quantitative estimate of drug-likeness (QED) is 0.0349. The second kappa shape index (κ2) is 30.3. The molecule has 0 aliphatic carbocycles. The summed E-state index contributed by atoms with van der Waals surface area (Å²) < 4.78 is 26.2. The molecule has 43 heavy (non-hydrogen) atoms. The first-order valence-corrected chi connectivity index (χ1v) is 18.3. The maximum atomic E-state index is 12.3. The molecule has 1 atom stereocenters. The average Bonchev–Trinajstić information content (AvgIpc) is 2.97. The van der Waals surface area contributed by atoms with Gasteiger partial charge in [0.2, 0.25) is 0 Å². The molecule has 0 aromatic carbocycles. The molecule has 0 amide bonds. The van der Waals surface area contributed by atoms with Crippen LogP contribution >= 0.6 is 7.82 Å². The Kier molecular flexibility index (Phi) is 29.1. The van der Waals surface area contributed by atoms with Crippen LogP contribution in [-0.2, 0) is 28.2 Å². The number of hydrogen-bond acceptors (Lipinski definition) is 6. The van der Waals surface area contributed by atoms with E-state index in [0.29, 0.717) is 12.8 Å². The number of allylic oxidation sites excluding steroid dienone is 6. The number of esters is 2. The third kappa shape index (κ3) is 33.0. The number of rotatable bonds is 30. The van der Waals surface area contributed by atoms with Gasteiger partial charge in [-0.2, -0.15) is 0 Å². The zero-order valence-electron chi connectivity index (χ0n) is 27.1. The number of phosphoric ester groups is 1. The first-order chi connectivity index (χ1) is 20.8. The zero-order valence-corrected chi connectivity index (χ0v) is 28.0. The van der Waals surface area contributed by atoms with Crippen molar-refractivity contribution in [3.63, 3.8) is 0 Å². The van der Waals surface area contributed by atoms with Gasteiger partial charge in [0.25, 0.3) is 0 Å². The molecule has 0 heterocycles. The van der Waals surface area contributed by atoms with E-state index < -0.39 is 32.5 Å². The SMILES string of the molecule is CCC/C=C\C/C=C\CCCCCCCC(=O)OC(COC(=O)CCCCCCC/C=C\CCCCC)COP(=O)(O)O. The van der Waals surface area contributed by atoms with E-state index >= 15 is 0 Å². The Bertz CT molecular complexity index is 802. The van der Waals surface area contributed by atoms with Crippen LogP contribution < -0.4 is 0 Å². The summed E-state index contributed by atoms with van der Waals surface area (Å²) in [6, 6.07) is 0. The van der Waals surface area contributed by atoms with Gasteiger partial charge in [0.1, 0.15) is 6.61 Å². The summed E-state index contributed by atoms with van der Waals surface area (Å²) in [5.74, 6) is -0.916. The molecule has 8 nitrogen and oxygen atoms in total. The molecule has 0 spiro atoms. The van der Waals surface area contributed by atoms with Crippen LogP contribution in [0, 0.1) is 0 Å². The lowest BCUT2D eigenvalue weighted by Crippen LogP contribution is -2.29.